The fraction of sp³-hybridized carbons (Fsp3) is 0.333. The van der Waals surface area contributed by atoms with E-state index in [1.54, 1.807) is 0 Å². The first-order valence-electron chi connectivity index (χ1n) is 6.07. The summed E-state index contributed by atoms with van der Waals surface area (Å²) in [4.78, 5) is 19.9. The van der Waals surface area contributed by atoms with Crippen LogP contribution in [0.25, 0.3) is 0 Å². The number of nitrogens with zero attached hydrogens (tertiary/aromatic N) is 2. The van der Waals surface area contributed by atoms with Crippen LogP contribution in [0.15, 0.2) is 17.3 Å². The van der Waals surface area contributed by atoms with Gasteiger partial charge in [-0.1, -0.05) is 17.0 Å². The van der Waals surface area contributed by atoms with Crippen molar-refractivity contribution in [1.82, 2.24) is 4.90 Å². The highest BCUT2D eigenvalue weighted by atomic mass is 32.1. The third kappa shape index (κ3) is 5.21. The maximum atomic E-state index is 11.6. The topological polar surface area (TPSA) is 51.1 Å². The van der Waals surface area contributed by atoms with Crippen molar-refractivity contribution < 1.29 is 14.4 Å². The van der Waals surface area contributed by atoms with Gasteiger partial charge in [-0.2, -0.15) is 0 Å². The maximum Gasteiger partial charge on any atom is 0.410 e. The Balaban J connectivity index is 2.74. The summed E-state index contributed by atoms with van der Waals surface area (Å²) < 4.78 is 4.69. The minimum atomic E-state index is -0.453. The average Bonchev–Trinajstić information content (AvgIpc) is 2.95. The van der Waals surface area contributed by atoms with E-state index in [9.17, 15) is 4.79 Å². The van der Waals surface area contributed by atoms with Gasteiger partial charge in [-0.3, -0.25) is 4.90 Å². The van der Waals surface area contributed by atoms with Gasteiger partial charge in [-0.05, 0) is 19.1 Å². The zero-order chi connectivity index (χ0) is 15.7. The molecule has 0 saturated carbocycles. The second kappa shape index (κ2) is 8.68. The van der Waals surface area contributed by atoms with E-state index in [1.807, 2.05) is 19.1 Å². The van der Waals surface area contributed by atoms with Gasteiger partial charge in [0.15, 0.2) is 6.61 Å². The summed E-state index contributed by atoms with van der Waals surface area (Å²) in [7, 11) is 1.32. The number of carbonyl (C=O) groups excluding carboxylic acids is 1. The molecule has 0 aromatic carbocycles. The second-order valence-corrected chi connectivity index (χ2v) is 5.12. The summed E-state index contributed by atoms with van der Waals surface area (Å²) in [5.74, 6) is 4.77. The van der Waals surface area contributed by atoms with Crippen LogP contribution in [0.1, 0.15) is 16.7 Å². The zero-order valence-electron chi connectivity index (χ0n) is 12.0. The van der Waals surface area contributed by atoms with Gasteiger partial charge >= 0.3 is 6.09 Å². The first-order chi connectivity index (χ1) is 10.1. The Morgan fingerprint density at radius 2 is 2.19 bits per heavy atom. The number of hydrogen-bond acceptors (Lipinski definition) is 5. The second-order valence-electron chi connectivity index (χ2n) is 3.95. The molecule has 0 aliphatic carbocycles. The van der Waals surface area contributed by atoms with E-state index < -0.39 is 6.09 Å². The summed E-state index contributed by atoms with van der Waals surface area (Å²) in [5, 5.41) is 3.91. The Kier molecular flexibility index (Phi) is 6.86. The molecule has 0 aliphatic heterocycles. The van der Waals surface area contributed by atoms with E-state index in [-0.39, 0.29) is 13.2 Å². The number of thiophene rings is 1. The lowest BCUT2D eigenvalue weighted by atomic mass is 10.3. The van der Waals surface area contributed by atoms with Crippen molar-refractivity contribution in [2.75, 3.05) is 20.3 Å². The SMILES string of the molecule is C#CCON=C(C)c1ccc(CN(CC#C)C(=O)OC)s1. The molecule has 1 amide bonds. The first-order valence-corrected chi connectivity index (χ1v) is 6.89. The lowest BCUT2D eigenvalue weighted by molar-refractivity contribution is 0.127. The van der Waals surface area contributed by atoms with Crippen molar-refractivity contribution in [1.29, 1.82) is 0 Å². The number of rotatable bonds is 6. The Morgan fingerprint density at radius 1 is 1.43 bits per heavy atom. The minimum absolute atomic E-state index is 0.133. The Labute approximate surface area is 128 Å². The predicted molar refractivity (Wildman–Crippen MR) is 83.0 cm³/mol. The van der Waals surface area contributed by atoms with E-state index in [0.29, 0.717) is 6.54 Å². The van der Waals surface area contributed by atoms with Gasteiger partial charge in [0.25, 0.3) is 0 Å². The van der Waals surface area contributed by atoms with Crippen LogP contribution in [0.5, 0.6) is 0 Å². The molecular weight excluding hydrogens is 288 g/mol. The smallest absolute Gasteiger partial charge is 0.410 e. The zero-order valence-corrected chi connectivity index (χ0v) is 12.8. The highest BCUT2D eigenvalue weighted by Gasteiger charge is 2.14. The van der Waals surface area contributed by atoms with Crippen LogP contribution < -0.4 is 0 Å². The number of hydrogen-bond donors (Lipinski definition) is 0. The molecule has 0 saturated heterocycles. The molecule has 1 heterocycles. The average molecular weight is 304 g/mol. The molecule has 0 atom stereocenters. The van der Waals surface area contributed by atoms with Crippen LogP contribution in [-0.2, 0) is 16.1 Å². The van der Waals surface area contributed by atoms with Crippen molar-refractivity contribution in [2.24, 2.45) is 5.16 Å². The maximum absolute atomic E-state index is 11.6. The van der Waals surface area contributed by atoms with Crippen LogP contribution in [0.3, 0.4) is 0 Å². The molecule has 0 fully saturated rings. The third-order valence-corrected chi connectivity index (χ3v) is 3.61. The Morgan fingerprint density at radius 3 is 2.81 bits per heavy atom. The summed E-state index contributed by atoms with van der Waals surface area (Å²) in [6.45, 7) is 2.54. The van der Waals surface area contributed by atoms with Crippen molar-refractivity contribution in [3.05, 3.63) is 21.9 Å². The number of terminal acetylenes is 2. The van der Waals surface area contributed by atoms with E-state index >= 15 is 0 Å². The molecule has 1 aromatic heterocycles. The highest BCUT2D eigenvalue weighted by Crippen LogP contribution is 2.19. The number of ether oxygens (including phenoxy) is 1. The summed E-state index contributed by atoms with van der Waals surface area (Å²) in [6.07, 6.45) is 9.87. The molecule has 0 unspecified atom stereocenters. The molecule has 0 N–H and O–H groups in total. The molecule has 1 rings (SSSR count). The monoisotopic (exact) mass is 304 g/mol. The Bertz CT molecular complexity index is 593. The summed E-state index contributed by atoms with van der Waals surface area (Å²) in [6, 6.07) is 3.82. The number of oxime groups is 1. The van der Waals surface area contributed by atoms with Gasteiger partial charge in [-0.25, -0.2) is 4.79 Å². The molecule has 1 aromatic rings. The number of carbonyl (C=O) groups is 1. The molecule has 0 radical (unpaired) electrons. The quantitative estimate of drug-likeness (QED) is 0.351. The molecule has 6 heteroatoms. The molecular formula is C15H16N2O3S. The van der Waals surface area contributed by atoms with Crippen LogP contribution in [0.4, 0.5) is 4.79 Å². The van der Waals surface area contributed by atoms with Crippen LogP contribution in [0.2, 0.25) is 0 Å². The highest BCUT2D eigenvalue weighted by molar-refractivity contribution is 7.14. The summed E-state index contributed by atoms with van der Waals surface area (Å²) >= 11 is 1.50. The first kappa shape index (κ1) is 16.6. The van der Waals surface area contributed by atoms with Crippen molar-refractivity contribution in [3.8, 4) is 24.7 Å². The fourth-order valence-electron chi connectivity index (χ4n) is 1.48. The standard InChI is InChI=1S/C15H16N2O3S/c1-5-9-17(15(18)19-4)11-13-7-8-14(21-13)12(3)16-20-10-6-2/h1-2,7-8H,9-11H2,3-4H3. The van der Waals surface area contributed by atoms with Crippen molar-refractivity contribution >= 4 is 23.1 Å². The molecule has 0 aliphatic rings. The molecule has 5 nitrogen and oxygen atoms in total. The van der Waals surface area contributed by atoms with E-state index in [1.165, 1.54) is 23.3 Å². The van der Waals surface area contributed by atoms with Crippen molar-refractivity contribution in [2.45, 2.75) is 13.5 Å². The van der Waals surface area contributed by atoms with Gasteiger partial charge in [0.2, 0.25) is 0 Å². The van der Waals surface area contributed by atoms with Crippen LogP contribution >= 0.6 is 11.3 Å². The van der Waals surface area contributed by atoms with E-state index in [0.717, 1.165) is 15.5 Å². The van der Waals surface area contributed by atoms with Gasteiger partial charge < -0.3 is 9.57 Å². The fourth-order valence-corrected chi connectivity index (χ4v) is 2.44. The van der Waals surface area contributed by atoms with Crippen LogP contribution in [-0.4, -0.2) is 37.0 Å². The largest absolute Gasteiger partial charge is 0.453 e. The number of methoxy groups -OCH3 is 1. The predicted octanol–water partition coefficient (Wildman–Crippen LogP) is 2.32. The summed E-state index contributed by atoms with van der Waals surface area (Å²) in [5.41, 5.74) is 0.725. The van der Waals surface area contributed by atoms with Gasteiger partial charge in [-0.15, -0.1) is 24.2 Å². The van der Waals surface area contributed by atoms with E-state index in [4.69, 9.17) is 22.4 Å². The number of amides is 1. The van der Waals surface area contributed by atoms with E-state index in [2.05, 4.69) is 17.0 Å². The lowest BCUT2D eigenvalue weighted by Gasteiger charge is -2.17. The normalized spacial score (nSPS) is 10.4. The molecule has 0 bridgehead atoms. The Hall–Kier alpha value is -2.44. The van der Waals surface area contributed by atoms with Gasteiger partial charge in [0, 0.05) is 4.88 Å². The van der Waals surface area contributed by atoms with Crippen LogP contribution in [0, 0.1) is 24.7 Å². The third-order valence-electron chi connectivity index (χ3n) is 2.43. The van der Waals surface area contributed by atoms with Gasteiger partial charge in [0.1, 0.15) is 0 Å². The lowest BCUT2D eigenvalue weighted by Crippen LogP contribution is -2.30. The molecule has 110 valence electrons. The molecule has 21 heavy (non-hydrogen) atoms. The van der Waals surface area contributed by atoms with Crippen molar-refractivity contribution in [3.63, 3.8) is 0 Å². The van der Waals surface area contributed by atoms with Gasteiger partial charge in [0.05, 0.1) is 30.8 Å². The minimum Gasteiger partial charge on any atom is -0.453 e. The molecule has 0 spiro atoms.